The van der Waals surface area contributed by atoms with E-state index >= 15 is 0 Å². The fourth-order valence-corrected chi connectivity index (χ4v) is 5.11. The number of rotatable bonds is 12. The van der Waals surface area contributed by atoms with Crippen molar-refractivity contribution in [1.29, 1.82) is 0 Å². The Labute approximate surface area is 244 Å². The summed E-state index contributed by atoms with van der Waals surface area (Å²) in [6.07, 6.45) is 5.48. The van der Waals surface area contributed by atoms with Crippen LogP contribution in [0.3, 0.4) is 0 Å². The first-order valence-electron chi connectivity index (χ1n) is 13.9. The lowest BCUT2D eigenvalue weighted by atomic mass is 9.91. The van der Waals surface area contributed by atoms with Crippen molar-refractivity contribution in [2.75, 3.05) is 60.7 Å². The summed E-state index contributed by atoms with van der Waals surface area (Å²) >= 11 is 0. The van der Waals surface area contributed by atoms with Gasteiger partial charge in [-0.1, -0.05) is 13.8 Å². The topological polar surface area (TPSA) is 69.7 Å². The molecule has 9 heteroatoms. The number of benzene rings is 2. The Bertz CT molecular complexity index is 1150. The van der Waals surface area contributed by atoms with E-state index < -0.39 is 0 Å². The Hall–Kier alpha value is -3.10. The van der Waals surface area contributed by atoms with E-state index in [0.29, 0.717) is 43.6 Å². The number of hydrogen-bond donors (Lipinski definition) is 0. The van der Waals surface area contributed by atoms with Crippen molar-refractivity contribution in [1.82, 2.24) is 9.80 Å². The van der Waals surface area contributed by atoms with Gasteiger partial charge in [0.1, 0.15) is 0 Å². The molecule has 0 unspecified atom stereocenters. The zero-order valence-corrected chi connectivity index (χ0v) is 25.2. The maximum Gasteiger partial charge on any atom is 0.249 e. The van der Waals surface area contributed by atoms with Gasteiger partial charge in [0.25, 0.3) is 0 Å². The van der Waals surface area contributed by atoms with Crippen molar-refractivity contribution >= 4 is 24.4 Å². The van der Waals surface area contributed by atoms with Gasteiger partial charge in [-0.05, 0) is 72.7 Å². The number of nitrogens with zero attached hydrogens (tertiary/aromatic N) is 2. The van der Waals surface area contributed by atoms with Crippen molar-refractivity contribution in [3.05, 3.63) is 46.5 Å². The number of piperazine rings is 1. The van der Waals surface area contributed by atoms with Gasteiger partial charge in [0.2, 0.25) is 11.7 Å². The van der Waals surface area contributed by atoms with E-state index in [4.69, 9.17) is 23.7 Å². The maximum absolute atomic E-state index is 13.5. The molecule has 40 heavy (non-hydrogen) atoms. The molecule has 0 N–H and O–H groups in total. The molecule has 1 fully saturated rings. The van der Waals surface area contributed by atoms with Crippen LogP contribution in [0, 0.1) is 0 Å². The Morgan fingerprint density at radius 1 is 0.775 bits per heavy atom. The van der Waals surface area contributed by atoms with E-state index in [2.05, 4.69) is 24.8 Å². The standard InChI is InChI=1S/C31H42N2O6.ClH/c1-6-14-38-26-19-23-8-9-24(18-25(23)20-27(26)39-15-7-2)31(34)33-12-10-32(11-13-33)21-22-16-28(35-3)30(37-5)29(17-22)36-4;/h16-20H,6-15,21H2,1-5H3;1H. The number of carbonyl (C=O) groups is 1. The Morgan fingerprint density at radius 3 is 1.93 bits per heavy atom. The number of hydrogen-bond acceptors (Lipinski definition) is 7. The molecule has 8 nitrogen and oxygen atoms in total. The third-order valence-electron chi connectivity index (χ3n) is 7.19. The van der Waals surface area contributed by atoms with E-state index in [1.165, 1.54) is 5.56 Å². The van der Waals surface area contributed by atoms with Gasteiger partial charge in [-0.2, -0.15) is 0 Å². The molecule has 0 atom stereocenters. The first kappa shape index (κ1) is 31.4. The summed E-state index contributed by atoms with van der Waals surface area (Å²) in [5.41, 5.74) is 4.21. The van der Waals surface area contributed by atoms with E-state index in [-0.39, 0.29) is 18.3 Å². The van der Waals surface area contributed by atoms with Crippen LogP contribution in [0.1, 0.15) is 49.8 Å². The number of fused-ring (bicyclic) bond motifs is 1. The molecule has 0 aromatic heterocycles. The van der Waals surface area contributed by atoms with Crippen LogP contribution in [0.25, 0.3) is 6.08 Å². The average Bonchev–Trinajstić information content (AvgIpc) is 2.97. The van der Waals surface area contributed by atoms with Crippen LogP contribution in [0.2, 0.25) is 0 Å². The molecule has 1 aliphatic carbocycles. The number of ether oxygens (including phenoxy) is 5. The second-order valence-corrected chi connectivity index (χ2v) is 9.97. The zero-order valence-electron chi connectivity index (χ0n) is 24.4. The molecule has 0 spiro atoms. The van der Waals surface area contributed by atoms with Gasteiger partial charge in [-0.3, -0.25) is 9.69 Å². The molecule has 1 heterocycles. The lowest BCUT2D eigenvalue weighted by molar-refractivity contribution is -0.129. The highest BCUT2D eigenvalue weighted by Crippen LogP contribution is 2.39. The largest absolute Gasteiger partial charge is 0.493 e. The number of halogens is 1. The van der Waals surface area contributed by atoms with Crippen LogP contribution >= 0.6 is 12.4 Å². The van der Waals surface area contributed by atoms with Gasteiger partial charge < -0.3 is 28.6 Å². The van der Waals surface area contributed by atoms with Gasteiger partial charge in [0.15, 0.2) is 23.0 Å². The van der Waals surface area contributed by atoms with Crippen LogP contribution in [-0.4, -0.2) is 76.4 Å². The fourth-order valence-electron chi connectivity index (χ4n) is 5.11. The molecule has 1 aliphatic heterocycles. The highest BCUT2D eigenvalue weighted by molar-refractivity contribution is 5.99. The molecule has 0 saturated carbocycles. The first-order chi connectivity index (χ1) is 19.0. The third-order valence-corrected chi connectivity index (χ3v) is 7.19. The second-order valence-electron chi connectivity index (χ2n) is 9.97. The molecule has 220 valence electrons. The summed E-state index contributed by atoms with van der Waals surface area (Å²) in [7, 11) is 4.86. The lowest BCUT2D eigenvalue weighted by Gasteiger charge is -2.35. The molecule has 1 saturated heterocycles. The molecule has 1 amide bonds. The van der Waals surface area contributed by atoms with E-state index in [0.717, 1.165) is 73.5 Å². The van der Waals surface area contributed by atoms with Crippen molar-refractivity contribution in [2.24, 2.45) is 0 Å². The summed E-state index contributed by atoms with van der Waals surface area (Å²) < 4.78 is 28.4. The van der Waals surface area contributed by atoms with Crippen LogP contribution in [-0.2, 0) is 17.8 Å². The van der Waals surface area contributed by atoms with Gasteiger partial charge in [-0.15, -0.1) is 12.4 Å². The molecule has 0 bridgehead atoms. The predicted molar refractivity (Wildman–Crippen MR) is 160 cm³/mol. The Kier molecular flexibility index (Phi) is 11.8. The molecular weight excluding hydrogens is 532 g/mol. The molecule has 0 radical (unpaired) electrons. The van der Waals surface area contributed by atoms with Crippen molar-refractivity contribution in [2.45, 2.75) is 46.1 Å². The normalized spacial score (nSPS) is 14.9. The van der Waals surface area contributed by atoms with Crippen molar-refractivity contribution < 1.29 is 28.5 Å². The van der Waals surface area contributed by atoms with Crippen molar-refractivity contribution in [3.63, 3.8) is 0 Å². The summed E-state index contributed by atoms with van der Waals surface area (Å²) in [6, 6.07) is 8.11. The Morgan fingerprint density at radius 2 is 1.38 bits per heavy atom. The average molecular weight is 575 g/mol. The number of amides is 1. The molecule has 2 aromatic rings. The van der Waals surface area contributed by atoms with Gasteiger partial charge in [0, 0.05) is 38.3 Å². The smallest absolute Gasteiger partial charge is 0.249 e. The van der Waals surface area contributed by atoms with Crippen molar-refractivity contribution in [3.8, 4) is 28.7 Å². The highest BCUT2D eigenvalue weighted by Gasteiger charge is 2.26. The molecule has 4 rings (SSSR count). The van der Waals surface area contributed by atoms with Crippen LogP contribution in [0.5, 0.6) is 28.7 Å². The minimum absolute atomic E-state index is 0. The van der Waals surface area contributed by atoms with Gasteiger partial charge in [0.05, 0.1) is 34.5 Å². The zero-order chi connectivity index (χ0) is 27.8. The number of aryl methyl sites for hydroxylation is 1. The lowest BCUT2D eigenvalue weighted by Crippen LogP contribution is -2.48. The minimum Gasteiger partial charge on any atom is -0.493 e. The minimum atomic E-state index is 0. The van der Waals surface area contributed by atoms with Gasteiger partial charge in [-0.25, -0.2) is 0 Å². The number of methoxy groups -OCH3 is 3. The van der Waals surface area contributed by atoms with E-state index in [9.17, 15) is 4.79 Å². The first-order valence-corrected chi connectivity index (χ1v) is 13.9. The van der Waals surface area contributed by atoms with E-state index in [1.807, 2.05) is 29.2 Å². The summed E-state index contributed by atoms with van der Waals surface area (Å²) in [5.74, 6) is 3.59. The quantitative estimate of drug-likeness (QED) is 0.337. The van der Waals surface area contributed by atoms with Gasteiger partial charge >= 0.3 is 0 Å². The molecule has 2 aliphatic rings. The summed E-state index contributed by atoms with van der Waals surface area (Å²) in [6.45, 7) is 9.23. The molecular formula is C31H43ClN2O6. The maximum atomic E-state index is 13.5. The fraction of sp³-hybridized carbons (Fsp3) is 0.516. The van der Waals surface area contributed by atoms with Crippen LogP contribution in [0.15, 0.2) is 29.8 Å². The van der Waals surface area contributed by atoms with Crippen LogP contribution in [0.4, 0.5) is 0 Å². The Balaban J connectivity index is 0.00000441. The second kappa shape index (κ2) is 15.1. The molecule has 2 aromatic carbocycles. The highest BCUT2D eigenvalue weighted by atomic mass is 35.5. The van der Waals surface area contributed by atoms with Crippen LogP contribution < -0.4 is 23.7 Å². The summed E-state index contributed by atoms with van der Waals surface area (Å²) in [5, 5.41) is 0. The third kappa shape index (κ3) is 7.34. The van der Waals surface area contributed by atoms with E-state index in [1.54, 1.807) is 21.3 Å². The predicted octanol–water partition coefficient (Wildman–Crippen LogP) is 5.39. The SMILES string of the molecule is CCCOc1cc2c(cc1OCCC)CCC(C(=O)N1CCN(Cc3cc(OC)c(OC)c(OC)c3)CC1)=C2.Cl. The summed E-state index contributed by atoms with van der Waals surface area (Å²) in [4.78, 5) is 17.8. The number of carbonyl (C=O) groups excluding carboxylic acids is 1. The monoisotopic (exact) mass is 574 g/mol.